The smallest absolute Gasteiger partial charge is 0.550 e. The van der Waals surface area contributed by atoms with Crippen molar-refractivity contribution in [1.82, 2.24) is 5.32 Å². The second-order valence-corrected chi connectivity index (χ2v) is 4.76. The van der Waals surface area contributed by atoms with Gasteiger partial charge in [0.25, 0.3) is 0 Å². The van der Waals surface area contributed by atoms with Gasteiger partial charge in [0.1, 0.15) is 0 Å². The first kappa shape index (κ1) is 23.8. The standard InChI is InChI=1S/C9H15NO5S.2Na/c1-5(3-8(12)13)16-4-7(9(14)15)10-6(2)11;;/h5,7H,3-4H2,1-2H3,(H,10,11)(H,12,13)(H,14,15);;/q;2*+1/p-2. The van der Waals surface area contributed by atoms with Crippen LogP contribution in [-0.4, -0.2) is 34.9 Å². The molecule has 0 spiro atoms. The molecule has 0 bridgehead atoms. The number of nitrogens with one attached hydrogen (secondary N) is 1. The molecule has 0 aromatic carbocycles. The van der Waals surface area contributed by atoms with Crippen molar-refractivity contribution in [3.05, 3.63) is 0 Å². The van der Waals surface area contributed by atoms with Crippen LogP contribution >= 0.6 is 11.8 Å². The van der Waals surface area contributed by atoms with Crippen molar-refractivity contribution in [1.29, 1.82) is 0 Å². The van der Waals surface area contributed by atoms with E-state index in [1.54, 1.807) is 6.92 Å². The molecule has 0 saturated carbocycles. The summed E-state index contributed by atoms with van der Waals surface area (Å²) >= 11 is 1.13. The van der Waals surface area contributed by atoms with Gasteiger partial charge in [0, 0.05) is 23.9 Å². The first-order valence-corrected chi connectivity index (χ1v) is 5.67. The van der Waals surface area contributed by atoms with Gasteiger partial charge < -0.3 is 25.1 Å². The molecule has 0 heterocycles. The second-order valence-electron chi connectivity index (χ2n) is 3.29. The Labute approximate surface area is 154 Å². The van der Waals surface area contributed by atoms with Gasteiger partial charge in [0.05, 0.1) is 12.0 Å². The normalized spacial score (nSPS) is 12.3. The largest absolute Gasteiger partial charge is 1.00 e. The molecule has 1 amide bonds. The molecule has 0 radical (unpaired) electrons. The maximum Gasteiger partial charge on any atom is 1.00 e. The fourth-order valence-corrected chi connectivity index (χ4v) is 1.96. The van der Waals surface area contributed by atoms with Gasteiger partial charge >= 0.3 is 59.1 Å². The number of hydrogen-bond acceptors (Lipinski definition) is 6. The minimum atomic E-state index is -1.39. The van der Waals surface area contributed by atoms with Crippen LogP contribution in [0.15, 0.2) is 0 Å². The molecule has 2 unspecified atom stereocenters. The van der Waals surface area contributed by atoms with Crippen molar-refractivity contribution in [2.24, 2.45) is 0 Å². The zero-order chi connectivity index (χ0) is 12.7. The second kappa shape index (κ2) is 12.8. The molecular formula is C9H13NNa2O5S. The van der Waals surface area contributed by atoms with E-state index in [-0.39, 0.29) is 76.5 Å². The number of thioether (sulfide) groups is 1. The Morgan fingerprint density at radius 2 is 1.72 bits per heavy atom. The molecule has 0 aromatic heterocycles. The van der Waals surface area contributed by atoms with Crippen LogP contribution in [0.1, 0.15) is 20.3 Å². The van der Waals surface area contributed by atoms with E-state index >= 15 is 0 Å². The van der Waals surface area contributed by atoms with E-state index in [9.17, 15) is 24.6 Å². The Morgan fingerprint density at radius 1 is 1.22 bits per heavy atom. The van der Waals surface area contributed by atoms with Gasteiger partial charge in [-0.15, -0.1) is 0 Å². The molecule has 6 nitrogen and oxygen atoms in total. The van der Waals surface area contributed by atoms with Crippen LogP contribution < -0.4 is 74.6 Å². The molecule has 0 fully saturated rings. The van der Waals surface area contributed by atoms with Crippen molar-refractivity contribution in [2.75, 3.05) is 5.75 Å². The van der Waals surface area contributed by atoms with E-state index in [1.165, 1.54) is 6.92 Å². The topological polar surface area (TPSA) is 109 Å². The summed E-state index contributed by atoms with van der Waals surface area (Å²) in [7, 11) is 0. The van der Waals surface area contributed by atoms with Gasteiger partial charge in [-0.2, -0.15) is 11.8 Å². The summed E-state index contributed by atoms with van der Waals surface area (Å²) in [5.41, 5.74) is 0. The van der Waals surface area contributed by atoms with E-state index in [4.69, 9.17) is 0 Å². The quantitative estimate of drug-likeness (QED) is 0.467. The summed E-state index contributed by atoms with van der Waals surface area (Å²) in [6, 6.07) is -1.10. The van der Waals surface area contributed by atoms with Crippen LogP contribution in [0.5, 0.6) is 0 Å². The maximum atomic E-state index is 10.7. The Kier molecular flexibility index (Phi) is 16.9. The summed E-state index contributed by atoms with van der Waals surface area (Å²) < 4.78 is 0. The zero-order valence-electron chi connectivity index (χ0n) is 11.0. The SMILES string of the molecule is CC(=O)NC(CSC(C)CC(=O)[O-])C(=O)[O-].[Na+].[Na+]. The van der Waals surface area contributed by atoms with Gasteiger partial charge in [-0.25, -0.2) is 0 Å². The van der Waals surface area contributed by atoms with Crippen LogP contribution in [0, 0.1) is 0 Å². The summed E-state index contributed by atoms with van der Waals surface area (Å²) in [4.78, 5) is 31.5. The number of carboxylic acids is 2. The van der Waals surface area contributed by atoms with Crippen molar-refractivity contribution in [3.8, 4) is 0 Å². The van der Waals surface area contributed by atoms with Crippen LogP contribution in [0.25, 0.3) is 0 Å². The molecule has 0 aliphatic heterocycles. The third-order valence-electron chi connectivity index (χ3n) is 1.66. The Bertz CT molecular complexity index is 290. The first-order valence-electron chi connectivity index (χ1n) is 4.62. The van der Waals surface area contributed by atoms with E-state index in [2.05, 4.69) is 5.32 Å². The third kappa shape index (κ3) is 13.2. The van der Waals surface area contributed by atoms with Crippen LogP contribution in [0.3, 0.4) is 0 Å². The number of aliphatic carboxylic acids is 2. The Balaban J connectivity index is -0.00000112. The van der Waals surface area contributed by atoms with Crippen LogP contribution in [0.2, 0.25) is 0 Å². The van der Waals surface area contributed by atoms with Crippen LogP contribution in [-0.2, 0) is 14.4 Å². The number of carbonyl (C=O) groups excluding carboxylic acids is 3. The van der Waals surface area contributed by atoms with Gasteiger partial charge in [-0.05, 0) is 6.42 Å². The molecule has 0 aliphatic rings. The molecule has 1 N–H and O–H groups in total. The van der Waals surface area contributed by atoms with E-state index in [0.717, 1.165) is 11.8 Å². The Hall–Kier alpha value is 0.760. The Morgan fingerprint density at radius 3 is 2.06 bits per heavy atom. The molecule has 0 rings (SSSR count). The van der Waals surface area contributed by atoms with Crippen molar-refractivity contribution < 1.29 is 83.7 Å². The zero-order valence-corrected chi connectivity index (χ0v) is 15.8. The fourth-order valence-electron chi connectivity index (χ4n) is 0.968. The predicted octanol–water partition coefficient (Wildman–Crippen LogP) is -8.49. The number of hydrogen-bond donors (Lipinski definition) is 1. The monoisotopic (exact) mass is 293 g/mol. The fraction of sp³-hybridized carbons (Fsp3) is 0.667. The molecule has 0 aliphatic carbocycles. The molecule has 0 aromatic rings. The summed E-state index contributed by atoms with van der Waals surface area (Å²) in [5, 5.41) is 22.8. The number of carboxylic acid groups (broad SMARTS) is 2. The molecule has 0 saturated heterocycles. The number of amides is 1. The minimum Gasteiger partial charge on any atom is -0.550 e. The van der Waals surface area contributed by atoms with Gasteiger partial charge in [-0.1, -0.05) is 6.92 Å². The molecule has 2 atom stereocenters. The number of carbonyl (C=O) groups is 3. The average Bonchev–Trinajstić information content (AvgIpc) is 2.09. The minimum absolute atomic E-state index is 0. The van der Waals surface area contributed by atoms with Crippen molar-refractivity contribution in [3.63, 3.8) is 0 Å². The van der Waals surface area contributed by atoms with E-state index < -0.39 is 23.9 Å². The first-order chi connectivity index (χ1) is 7.32. The van der Waals surface area contributed by atoms with Gasteiger partial charge in [-0.3, -0.25) is 4.79 Å². The van der Waals surface area contributed by atoms with Crippen molar-refractivity contribution in [2.45, 2.75) is 31.6 Å². The van der Waals surface area contributed by atoms with E-state index in [1.807, 2.05) is 0 Å². The van der Waals surface area contributed by atoms with E-state index in [0.29, 0.717) is 0 Å². The predicted molar refractivity (Wildman–Crippen MR) is 54.2 cm³/mol. The number of rotatable bonds is 7. The molecular weight excluding hydrogens is 280 g/mol. The third-order valence-corrected chi connectivity index (χ3v) is 2.93. The van der Waals surface area contributed by atoms with Crippen LogP contribution in [0.4, 0.5) is 0 Å². The molecule has 18 heavy (non-hydrogen) atoms. The average molecular weight is 293 g/mol. The maximum absolute atomic E-state index is 10.7. The summed E-state index contributed by atoms with van der Waals surface area (Å²) in [6.45, 7) is 2.84. The molecule has 9 heteroatoms. The summed E-state index contributed by atoms with van der Waals surface area (Å²) in [5.74, 6) is -2.98. The van der Waals surface area contributed by atoms with Crippen molar-refractivity contribution >= 4 is 29.6 Å². The molecule has 92 valence electrons. The van der Waals surface area contributed by atoms with Gasteiger partial charge in [0.2, 0.25) is 5.91 Å². The van der Waals surface area contributed by atoms with Gasteiger partial charge in [0.15, 0.2) is 0 Å². The summed E-state index contributed by atoms with van der Waals surface area (Å²) in [6.07, 6.45) is -0.162.